The first-order chi connectivity index (χ1) is 10.2. The molecule has 4 nitrogen and oxygen atoms in total. The highest BCUT2D eigenvalue weighted by atomic mass is 16.6. The second-order valence-corrected chi connectivity index (χ2v) is 5.06. The smallest absolute Gasteiger partial charge is 0.307 e. The van der Waals surface area contributed by atoms with Crippen LogP contribution in [0, 0.1) is 0 Å². The van der Waals surface area contributed by atoms with Gasteiger partial charge in [0.2, 0.25) is 0 Å². The number of ether oxygens (including phenoxy) is 2. The molecule has 1 aliphatic heterocycles. The molecule has 0 amide bonds. The molecule has 0 aromatic heterocycles. The zero-order valence-electron chi connectivity index (χ0n) is 11.5. The van der Waals surface area contributed by atoms with Crippen molar-refractivity contribution in [3.63, 3.8) is 0 Å². The maximum absolute atomic E-state index is 10.8. The lowest BCUT2D eigenvalue weighted by molar-refractivity contribution is -0.136. The summed E-state index contributed by atoms with van der Waals surface area (Å²) >= 11 is 0. The molecule has 1 aliphatic rings. The summed E-state index contributed by atoms with van der Waals surface area (Å²) in [6.07, 6.45) is 0.286. The Balaban J connectivity index is 1.71. The number of rotatable bonds is 6. The summed E-state index contributed by atoms with van der Waals surface area (Å²) in [5.74, 6) is -0.00543. The standard InChI is InChI=1S/C17H16O4/c18-17(19)9-12-2-1-3-14(8-12)13-4-6-15(7-5-13)20-10-16-11-21-16/h1-8,16H,9-11H2,(H,18,19). The SMILES string of the molecule is O=C(O)Cc1cccc(-c2ccc(OCC3CO3)cc2)c1. The van der Waals surface area contributed by atoms with Gasteiger partial charge < -0.3 is 14.6 Å². The third-order valence-corrected chi connectivity index (χ3v) is 3.31. The fraction of sp³-hybridized carbons (Fsp3) is 0.235. The van der Waals surface area contributed by atoms with Gasteiger partial charge >= 0.3 is 5.97 Å². The zero-order chi connectivity index (χ0) is 14.7. The van der Waals surface area contributed by atoms with Crippen molar-refractivity contribution in [3.8, 4) is 16.9 Å². The molecule has 1 fully saturated rings. The van der Waals surface area contributed by atoms with Gasteiger partial charge in [0.05, 0.1) is 13.0 Å². The summed E-state index contributed by atoms with van der Waals surface area (Å²) in [4.78, 5) is 10.8. The van der Waals surface area contributed by atoms with Crippen LogP contribution in [0.2, 0.25) is 0 Å². The number of carbonyl (C=O) groups is 1. The second-order valence-electron chi connectivity index (χ2n) is 5.06. The molecule has 1 N–H and O–H groups in total. The topological polar surface area (TPSA) is 59.1 Å². The van der Waals surface area contributed by atoms with Crippen molar-refractivity contribution in [1.82, 2.24) is 0 Å². The van der Waals surface area contributed by atoms with E-state index in [1.807, 2.05) is 48.5 Å². The van der Waals surface area contributed by atoms with Crippen LogP contribution in [-0.4, -0.2) is 30.4 Å². The number of aliphatic carboxylic acids is 1. The Bertz CT molecular complexity index is 629. The monoisotopic (exact) mass is 284 g/mol. The van der Waals surface area contributed by atoms with Crippen molar-refractivity contribution >= 4 is 5.97 Å². The van der Waals surface area contributed by atoms with Crippen LogP contribution in [0.25, 0.3) is 11.1 Å². The molecule has 0 aliphatic carbocycles. The van der Waals surface area contributed by atoms with E-state index in [0.29, 0.717) is 6.61 Å². The highest BCUT2D eigenvalue weighted by molar-refractivity contribution is 5.72. The predicted molar refractivity (Wildman–Crippen MR) is 78.5 cm³/mol. The average molecular weight is 284 g/mol. The second kappa shape index (κ2) is 5.97. The number of epoxide rings is 1. The number of carboxylic acids is 1. The van der Waals surface area contributed by atoms with Crippen LogP contribution in [0.3, 0.4) is 0 Å². The third-order valence-electron chi connectivity index (χ3n) is 3.31. The zero-order valence-corrected chi connectivity index (χ0v) is 11.5. The third kappa shape index (κ3) is 3.83. The Morgan fingerprint density at radius 3 is 2.62 bits per heavy atom. The lowest BCUT2D eigenvalue weighted by atomic mass is 10.0. The summed E-state index contributed by atoms with van der Waals surface area (Å²) in [5, 5.41) is 8.85. The van der Waals surface area contributed by atoms with E-state index in [1.54, 1.807) is 0 Å². The van der Waals surface area contributed by atoms with E-state index in [2.05, 4.69) is 0 Å². The normalized spacial score (nSPS) is 16.5. The van der Waals surface area contributed by atoms with Gasteiger partial charge in [-0.15, -0.1) is 0 Å². The van der Waals surface area contributed by atoms with Gasteiger partial charge in [-0.1, -0.05) is 36.4 Å². The summed E-state index contributed by atoms with van der Waals surface area (Å²) in [5.41, 5.74) is 2.84. The lowest BCUT2D eigenvalue weighted by Crippen LogP contribution is -2.03. The number of carboxylic acid groups (broad SMARTS) is 1. The Morgan fingerprint density at radius 1 is 1.19 bits per heavy atom. The van der Waals surface area contributed by atoms with E-state index in [9.17, 15) is 4.79 Å². The maximum atomic E-state index is 10.8. The molecule has 21 heavy (non-hydrogen) atoms. The van der Waals surface area contributed by atoms with Crippen LogP contribution in [-0.2, 0) is 16.0 Å². The maximum Gasteiger partial charge on any atom is 0.307 e. The van der Waals surface area contributed by atoms with Crippen LogP contribution >= 0.6 is 0 Å². The van der Waals surface area contributed by atoms with Crippen LogP contribution in [0.1, 0.15) is 5.56 Å². The minimum Gasteiger partial charge on any atom is -0.491 e. The summed E-state index contributed by atoms with van der Waals surface area (Å²) < 4.78 is 10.7. The van der Waals surface area contributed by atoms with Crippen molar-refractivity contribution in [1.29, 1.82) is 0 Å². The molecule has 4 heteroatoms. The van der Waals surface area contributed by atoms with Crippen molar-refractivity contribution < 1.29 is 19.4 Å². The summed E-state index contributed by atoms with van der Waals surface area (Å²) in [6, 6.07) is 15.4. The van der Waals surface area contributed by atoms with Crippen LogP contribution in [0.5, 0.6) is 5.75 Å². The first-order valence-electron chi connectivity index (χ1n) is 6.86. The Labute approximate surface area is 122 Å². The fourth-order valence-corrected chi connectivity index (χ4v) is 2.13. The highest BCUT2D eigenvalue weighted by Crippen LogP contribution is 2.24. The summed E-state index contributed by atoms with van der Waals surface area (Å²) in [6.45, 7) is 1.38. The predicted octanol–water partition coefficient (Wildman–Crippen LogP) is 2.76. The Morgan fingerprint density at radius 2 is 1.95 bits per heavy atom. The molecule has 1 atom stereocenters. The van der Waals surface area contributed by atoms with Gasteiger partial charge in [0.15, 0.2) is 0 Å². The van der Waals surface area contributed by atoms with Crippen molar-refractivity contribution in [3.05, 3.63) is 54.1 Å². The molecule has 1 unspecified atom stereocenters. The average Bonchev–Trinajstić information content (AvgIpc) is 3.29. The van der Waals surface area contributed by atoms with Crippen LogP contribution < -0.4 is 4.74 Å². The quantitative estimate of drug-likeness (QED) is 0.829. The highest BCUT2D eigenvalue weighted by Gasteiger charge is 2.22. The van der Waals surface area contributed by atoms with E-state index in [4.69, 9.17) is 14.6 Å². The molecule has 2 aromatic rings. The molecule has 0 radical (unpaired) electrons. The van der Waals surface area contributed by atoms with Gasteiger partial charge in [-0.05, 0) is 28.8 Å². The van der Waals surface area contributed by atoms with Gasteiger partial charge in [0, 0.05) is 0 Å². The van der Waals surface area contributed by atoms with Crippen LogP contribution in [0.4, 0.5) is 0 Å². The van der Waals surface area contributed by atoms with E-state index in [1.165, 1.54) is 0 Å². The van der Waals surface area contributed by atoms with Gasteiger partial charge in [-0.25, -0.2) is 0 Å². The van der Waals surface area contributed by atoms with Crippen molar-refractivity contribution in [2.45, 2.75) is 12.5 Å². The minimum atomic E-state index is -0.821. The largest absolute Gasteiger partial charge is 0.491 e. The van der Waals surface area contributed by atoms with Crippen molar-refractivity contribution in [2.24, 2.45) is 0 Å². The van der Waals surface area contributed by atoms with Gasteiger partial charge in [-0.2, -0.15) is 0 Å². The lowest BCUT2D eigenvalue weighted by Gasteiger charge is -2.07. The van der Waals surface area contributed by atoms with Crippen LogP contribution in [0.15, 0.2) is 48.5 Å². The van der Waals surface area contributed by atoms with E-state index in [-0.39, 0.29) is 12.5 Å². The Kier molecular flexibility index (Phi) is 3.88. The van der Waals surface area contributed by atoms with Crippen molar-refractivity contribution in [2.75, 3.05) is 13.2 Å². The molecule has 3 rings (SSSR count). The molecular weight excluding hydrogens is 268 g/mol. The molecule has 0 saturated carbocycles. The molecule has 0 bridgehead atoms. The molecular formula is C17H16O4. The molecule has 0 spiro atoms. The number of hydrogen-bond donors (Lipinski definition) is 1. The Hall–Kier alpha value is -2.33. The van der Waals surface area contributed by atoms with Gasteiger partial charge in [-0.3, -0.25) is 4.79 Å². The molecule has 108 valence electrons. The van der Waals surface area contributed by atoms with Gasteiger partial charge in [0.25, 0.3) is 0 Å². The first kappa shape index (κ1) is 13.6. The summed E-state index contributed by atoms with van der Waals surface area (Å²) in [7, 11) is 0. The number of benzene rings is 2. The fourth-order valence-electron chi connectivity index (χ4n) is 2.13. The molecule has 1 heterocycles. The number of hydrogen-bond acceptors (Lipinski definition) is 3. The molecule has 2 aromatic carbocycles. The van der Waals surface area contributed by atoms with E-state index < -0.39 is 5.97 Å². The minimum absolute atomic E-state index is 0.0381. The van der Waals surface area contributed by atoms with E-state index >= 15 is 0 Å². The van der Waals surface area contributed by atoms with E-state index in [0.717, 1.165) is 29.0 Å². The van der Waals surface area contributed by atoms with Gasteiger partial charge in [0.1, 0.15) is 18.5 Å². The first-order valence-corrected chi connectivity index (χ1v) is 6.86. The molecule has 1 saturated heterocycles.